The van der Waals surface area contributed by atoms with Gasteiger partial charge in [-0.25, -0.2) is 0 Å². The summed E-state index contributed by atoms with van der Waals surface area (Å²) in [5.74, 6) is 1.15. The van der Waals surface area contributed by atoms with Crippen molar-refractivity contribution < 1.29 is 9.90 Å². The maximum absolute atomic E-state index is 11.7. The fraction of sp³-hybridized carbons (Fsp3) is 0.909. The molecule has 0 spiro atoms. The summed E-state index contributed by atoms with van der Waals surface area (Å²) in [6, 6.07) is 0. The fourth-order valence-corrected chi connectivity index (χ4v) is 3.10. The molecule has 0 aromatic rings. The standard InChI is InChI=1S/C11H22N2O2S/c1-11(15,8-13(2)3)7-12-10(14)9-5-4-6-16-9/h9,15H,4-8H2,1-3H3,(H,12,14). The van der Waals surface area contributed by atoms with E-state index < -0.39 is 5.60 Å². The quantitative estimate of drug-likeness (QED) is 0.733. The van der Waals surface area contributed by atoms with Gasteiger partial charge in [-0.2, -0.15) is 0 Å². The summed E-state index contributed by atoms with van der Waals surface area (Å²) in [4.78, 5) is 13.6. The van der Waals surface area contributed by atoms with Crippen molar-refractivity contribution in [3.63, 3.8) is 0 Å². The Kier molecular flexibility index (Phi) is 5.08. The molecule has 1 rings (SSSR count). The lowest BCUT2D eigenvalue weighted by Gasteiger charge is -2.27. The lowest BCUT2D eigenvalue weighted by Crippen LogP contribution is -2.48. The van der Waals surface area contributed by atoms with E-state index in [9.17, 15) is 9.90 Å². The van der Waals surface area contributed by atoms with E-state index in [2.05, 4.69) is 5.32 Å². The molecule has 16 heavy (non-hydrogen) atoms. The van der Waals surface area contributed by atoms with E-state index in [-0.39, 0.29) is 11.2 Å². The molecule has 0 aliphatic carbocycles. The van der Waals surface area contributed by atoms with Crippen LogP contribution in [0.4, 0.5) is 0 Å². The van der Waals surface area contributed by atoms with E-state index in [4.69, 9.17) is 0 Å². The lowest BCUT2D eigenvalue weighted by atomic mass is 10.1. The summed E-state index contributed by atoms with van der Waals surface area (Å²) in [5.41, 5.74) is -0.859. The van der Waals surface area contributed by atoms with Crippen LogP contribution in [0, 0.1) is 0 Å². The molecule has 1 amide bonds. The van der Waals surface area contributed by atoms with Crippen molar-refractivity contribution >= 4 is 17.7 Å². The third-order valence-corrected chi connectivity index (χ3v) is 3.90. The second-order valence-electron chi connectivity index (χ2n) is 4.95. The smallest absolute Gasteiger partial charge is 0.233 e. The number of likely N-dealkylation sites (N-methyl/N-ethyl adjacent to an activating group) is 1. The van der Waals surface area contributed by atoms with Gasteiger partial charge in [-0.3, -0.25) is 4.79 Å². The Morgan fingerprint density at radius 2 is 2.31 bits per heavy atom. The molecule has 0 aromatic heterocycles. The number of thioether (sulfide) groups is 1. The number of hydrogen-bond acceptors (Lipinski definition) is 4. The highest BCUT2D eigenvalue weighted by Gasteiger charge is 2.26. The number of rotatable bonds is 5. The summed E-state index contributed by atoms with van der Waals surface area (Å²) < 4.78 is 0. The van der Waals surface area contributed by atoms with E-state index in [1.807, 2.05) is 19.0 Å². The van der Waals surface area contributed by atoms with Crippen LogP contribution in [0.1, 0.15) is 19.8 Å². The normalized spacial score (nSPS) is 24.4. The number of nitrogens with zero attached hydrogens (tertiary/aromatic N) is 1. The van der Waals surface area contributed by atoms with Crippen LogP contribution < -0.4 is 5.32 Å². The predicted octanol–water partition coefficient (Wildman–Crippen LogP) is 0.311. The molecule has 1 heterocycles. The Bertz CT molecular complexity index is 238. The summed E-state index contributed by atoms with van der Waals surface area (Å²) in [5, 5.41) is 12.9. The molecule has 1 aliphatic heterocycles. The van der Waals surface area contributed by atoms with Gasteiger partial charge in [0.25, 0.3) is 0 Å². The minimum absolute atomic E-state index is 0.0709. The Balaban J connectivity index is 2.29. The SMILES string of the molecule is CN(C)CC(C)(O)CNC(=O)C1CCCS1. The molecule has 1 saturated heterocycles. The van der Waals surface area contributed by atoms with Crippen molar-refractivity contribution in [2.45, 2.75) is 30.6 Å². The zero-order valence-electron chi connectivity index (χ0n) is 10.3. The predicted molar refractivity (Wildman–Crippen MR) is 67.7 cm³/mol. The number of carbonyl (C=O) groups excluding carboxylic acids is 1. The van der Waals surface area contributed by atoms with E-state index in [0.717, 1.165) is 18.6 Å². The highest BCUT2D eigenvalue weighted by molar-refractivity contribution is 8.00. The van der Waals surface area contributed by atoms with Crippen LogP contribution in [0.15, 0.2) is 0 Å². The van der Waals surface area contributed by atoms with Gasteiger partial charge in [0.2, 0.25) is 5.91 Å². The van der Waals surface area contributed by atoms with Gasteiger partial charge >= 0.3 is 0 Å². The summed E-state index contributed by atoms with van der Waals surface area (Å²) in [7, 11) is 3.81. The van der Waals surface area contributed by atoms with Crippen LogP contribution >= 0.6 is 11.8 Å². The fourth-order valence-electron chi connectivity index (χ4n) is 1.91. The Hall–Kier alpha value is -0.260. The van der Waals surface area contributed by atoms with Crippen LogP contribution in [0.5, 0.6) is 0 Å². The third-order valence-electron chi connectivity index (χ3n) is 2.52. The Morgan fingerprint density at radius 1 is 1.62 bits per heavy atom. The second-order valence-corrected chi connectivity index (χ2v) is 6.26. The molecule has 2 atom stereocenters. The molecule has 0 radical (unpaired) electrons. The molecule has 4 nitrogen and oxygen atoms in total. The third kappa shape index (κ3) is 4.72. The minimum atomic E-state index is -0.859. The van der Waals surface area contributed by atoms with Crippen LogP contribution in [0.3, 0.4) is 0 Å². The average molecular weight is 246 g/mol. The number of carbonyl (C=O) groups is 1. The summed E-state index contributed by atoms with van der Waals surface area (Å²) >= 11 is 1.71. The largest absolute Gasteiger partial charge is 0.387 e. The van der Waals surface area contributed by atoms with Crippen molar-refractivity contribution in [1.29, 1.82) is 0 Å². The second kappa shape index (κ2) is 5.89. The van der Waals surface area contributed by atoms with Gasteiger partial charge in [0.15, 0.2) is 0 Å². The molecule has 0 aromatic carbocycles. The molecule has 1 aliphatic rings. The minimum Gasteiger partial charge on any atom is -0.387 e. The molecule has 1 fully saturated rings. The lowest BCUT2D eigenvalue weighted by molar-refractivity contribution is -0.121. The van der Waals surface area contributed by atoms with Crippen molar-refractivity contribution in [3.8, 4) is 0 Å². The first-order valence-electron chi connectivity index (χ1n) is 5.67. The van der Waals surface area contributed by atoms with Crippen LogP contribution in [0.25, 0.3) is 0 Å². The van der Waals surface area contributed by atoms with Crippen molar-refractivity contribution in [3.05, 3.63) is 0 Å². The molecule has 2 N–H and O–H groups in total. The van der Waals surface area contributed by atoms with Gasteiger partial charge in [-0.1, -0.05) is 0 Å². The van der Waals surface area contributed by atoms with Gasteiger partial charge < -0.3 is 15.3 Å². The first-order chi connectivity index (χ1) is 7.41. The number of nitrogens with one attached hydrogen (secondary N) is 1. The number of amides is 1. The van der Waals surface area contributed by atoms with Gasteiger partial charge in [-0.15, -0.1) is 11.8 Å². The van der Waals surface area contributed by atoms with Crippen LogP contribution in [0.2, 0.25) is 0 Å². The van der Waals surface area contributed by atoms with Crippen LogP contribution in [-0.4, -0.2) is 59.7 Å². The maximum Gasteiger partial charge on any atom is 0.233 e. The van der Waals surface area contributed by atoms with E-state index in [1.54, 1.807) is 18.7 Å². The Morgan fingerprint density at radius 3 is 2.81 bits per heavy atom. The monoisotopic (exact) mass is 246 g/mol. The van der Waals surface area contributed by atoms with Crippen molar-refractivity contribution in [2.24, 2.45) is 0 Å². The van der Waals surface area contributed by atoms with Crippen molar-refractivity contribution in [2.75, 3.05) is 32.9 Å². The average Bonchev–Trinajstić information content (AvgIpc) is 2.64. The van der Waals surface area contributed by atoms with E-state index >= 15 is 0 Å². The van der Waals surface area contributed by atoms with Gasteiger partial charge in [0, 0.05) is 13.1 Å². The van der Waals surface area contributed by atoms with Gasteiger partial charge in [0.1, 0.15) is 0 Å². The maximum atomic E-state index is 11.7. The Labute approximate surface area is 102 Å². The van der Waals surface area contributed by atoms with Crippen molar-refractivity contribution in [1.82, 2.24) is 10.2 Å². The summed E-state index contributed by atoms with van der Waals surface area (Å²) in [6.07, 6.45) is 2.09. The zero-order valence-corrected chi connectivity index (χ0v) is 11.1. The highest BCUT2D eigenvalue weighted by Crippen LogP contribution is 2.26. The number of hydrogen-bond donors (Lipinski definition) is 2. The first-order valence-corrected chi connectivity index (χ1v) is 6.72. The van der Waals surface area contributed by atoms with Gasteiger partial charge in [0.05, 0.1) is 10.9 Å². The zero-order chi connectivity index (χ0) is 12.2. The molecular weight excluding hydrogens is 224 g/mol. The highest BCUT2D eigenvalue weighted by atomic mass is 32.2. The first kappa shape index (κ1) is 13.8. The van der Waals surface area contributed by atoms with E-state index in [0.29, 0.717) is 13.1 Å². The molecule has 5 heteroatoms. The van der Waals surface area contributed by atoms with Crippen LogP contribution in [-0.2, 0) is 4.79 Å². The molecule has 0 saturated carbocycles. The van der Waals surface area contributed by atoms with E-state index in [1.165, 1.54) is 0 Å². The topological polar surface area (TPSA) is 52.6 Å². The number of aliphatic hydroxyl groups is 1. The summed E-state index contributed by atoms with van der Waals surface area (Å²) in [6.45, 7) is 2.61. The molecule has 0 bridgehead atoms. The van der Waals surface area contributed by atoms with Gasteiger partial charge in [-0.05, 0) is 39.6 Å². The molecule has 94 valence electrons. The molecule has 2 unspecified atom stereocenters. The molecular formula is C11H22N2O2S.